The summed E-state index contributed by atoms with van der Waals surface area (Å²) in [6.07, 6.45) is -4.39. The quantitative estimate of drug-likeness (QED) is 0.764. The van der Waals surface area contributed by atoms with Crippen LogP contribution in [-0.2, 0) is 6.54 Å². The Morgan fingerprint density at radius 2 is 1.77 bits per heavy atom. The highest BCUT2D eigenvalue weighted by molar-refractivity contribution is 6.02. The third kappa shape index (κ3) is 4.87. The van der Waals surface area contributed by atoms with Gasteiger partial charge in [-0.25, -0.2) is 0 Å². The smallest absolute Gasteiger partial charge is 0.422 e. The number of carbonyl (C=O) groups excluding carboxylic acids is 2. The molecule has 140 valence electrons. The number of carbonyl (C=O) groups is 2. The van der Waals surface area contributed by atoms with Crippen molar-refractivity contribution in [3.63, 3.8) is 0 Å². The summed E-state index contributed by atoms with van der Waals surface area (Å²) in [4.78, 5) is 26.8. The molecular weight excluding hydrogens is 349 g/mol. The summed E-state index contributed by atoms with van der Waals surface area (Å²) in [5.74, 6) is -0.389. The van der Waals surface area contributed by atoms with Gasteiger partial charge in [-0.3, -0.25) is 9.59 Å². The van der Waals surface area contributed by atoms with Crippen molar-refractivity contribution in [1.29, 1.82) is 0 Å². The molecule has 5 nitrogen and oxygen atoms in total. The molecule has 1 aromatic carbocycles. The van der Waals surface area contributed by atoms with E-state index in [0.29, 0.717) is 28.1 Å². The van der Waals surface area contributed by atoms with Crippen molar-refractivity contribution in [2.75, 3.05) is 6.61 Å². The minimum Gasteiger partial charge on any atom is -0.484 e. The number of hydrogen-bond donors (Lipinski definition) is 2. The lowest BCUT2D eigenvalue weighted by atomic mass is 10.1. The number of alkyl halides is 3. The normalized spacial score (nSPS) is 11.3. The Morgan fingerprint density at radius 3 is 2.27 bits per heavy atom. The number of nitrogens with one attached hydrogen (secondary N) is 2. The number of ether oxygens (including phenoxy) is 1. The van der Waals surface area contributed by atoms with Crippen LogP contribution in [0, 0.1) is 13.8 Å². The molecule has 2 rings (SSSR count). The number of hydrogen-bond acceptors (Lipinski definition) is 3. The number of aromatic amines is 1. The van der Waals surface area contributed by atoms with Crippen LogP contribution in [0.25, 0.3) is 0 Å². The molecule has 0 unspecified atom stereocenters. The summed E-state index contributed by atoms with van der Waals surface area (Å²) in [6.45, 7) is 3.69. The SMILES string of the molecule is CC(=O)c1c(C)[nH]c(C(=O)NCc2ccc(OCC(F)(F)F)cc2)c1C. The molecule has 0 saturated carbocycles. The van der Waals surface area contributed by atoms with E-state index >= 15 is 0 Å². The Morgan fingerprint density at radius 1 is 1.15 bits per heavy atom. The highest BCUT2D eigenvalue weighted by atomic mass is 19.4. The van der Waals surface area contributed by atoms with Gasteiger partial charge in [0.15, 0.2) is 12.4 Å². The number of aromatic nitrogens is 1. The van der Waals surface area contributed by atoms with Crippen LogP contribution in [0.5, 0.6) is 5.75 Å². The highest BCUT2D eigenvalue weighted by Gasteiger charge is 2.28. The highest BCUT2D eigenvalue weighted by Crippen LogP contribution is 2.20. The molecule has 0 aliphatic carbocycles. The van der Waals surface area contributed by atoms with Crippen LogP contribution in [0.4, 0.5) is 13.2 Å². The van der Waals surface area contributed by atoms with Crippen molar-refractivity contribution < 1.29 is 27.5 Å². The molecule has 1 amide bonds. The number of ketones is 1. The number of aryl methyl sites for hydroxylation is 1. The molecular formula is C18H19F3N2O3. The van der Waals surface area contributed by atoms with Crippen molar-refractivity contribution in [2.45, 2.75) is 33.5 Å². The van der Waals surface area contributed by atoms with Gasteiger partial charge in [-0.1, -0.05) is 12.1 Å². The molecule has 26 heavy (non-hydrogen) atoms. The molecule has 0 radical (unpaired) electrons. The molecule has 2 aromatic rings. The fourth-order valence-electron chi connectivity index (χ4n) is 2.64. The average Bonchev–Trinajstić information content (AvgIpc) is 2.85. The first-order valence-electron chi connectivity index (χ1n) is 7.85. The molecule has 0 aliphatic heterocycles. The van der Waals surface area contributed by atoms with Gasteiger partial charge < -0.3 is 15.0 Å². The van der Waals surface area contributed by atoms with Crippen molar-refractivity contribution in [2.24, 2.45) is 0 Å². The van der Waals surface area contributed by atoms with Crippen LogP contribution in [0.2, 0.25) is 0 Å². The first kappa shape index (κ1) is 19.6. The Balaban J connectivity index is 1.98. The minimum absolute atomic E-state index is 0.0966. The first-order valence-corrected chi connectivity index (χ1v) is 7.85. The number of H-pyrrole nitrogens is 1. The van der Waals surface area contributed by atoms with Gasteiger partial charge in [-0.05, 0) is 44.0 Å². The van der Waals surface area contributed by atoms with E-state index in [1.807, 2.05) is 0 Å². The maximum Gasteiger partial charge on any atom is 0.422 e. The third-order valence-corrected chi connectivity index (χ3v) is 3.80. The van der Waals surface area contributed by atoms with E-state index in [2.05, 4.69) is 15.0 Å². The van der Waals surface area contributed by atoms with Gasteiger partial charge in [-0.15, -0.1) is 0 Å². The van der Waals surface area contributed by atoms with Gasteiger partial charge in [0.1, 0.15) is 11.4 Å². The predicted octanol–water partition coefficient (Wildman–Crippen LogP) is 3.71. The second-order valence-electron chi connectivity index (χ2n) is 5.91. The Labute approximate surface area is 148 Å². The monoisotopic (exact) mass is 368 g/mol. The molecule has 1 heterocycles. The van der Waals surface area contributed by atoms with Crippen molar-refractivity contribution in [3.8, 4) is 5.75 Å². The second-order valence-corrected chi connectivity index (χ2v) is 5.91. The van der Waals surface area contributed by atoms with Gasteiger partial charge in [-0.2, -0.15) is 13.2 Å². The molecule has 1 aromatic heterocycles. The lowest BCUT2D eigenvalue weighted by Crippen LogP contribution is -2.24. The third-order valence-electron chi connectivity index (χ3n) is 3.80. The lowest BCUT2D eigenvalue weighted by Gasteiger charge is -2.10. The maximum atomic E-state index is 12.3. The number of Topliss-reactive ketones (excluding diaryl/α,β-unsaturated/α-hetero) is 1. The molecule has 0 atom stereocenters. The van der Waals surface area contributed by atoms with Crippen LogP contribution in [0.1, 0.15) is 44.6 Å². The van der Waals surface area contributed by atoms with Gasteiger partial charge in [0, 0.05) is 17.8 Å². The van der Waals surface area contributed by atoms with Crippen molar-refractivity contribution >= 4 is 11.7 Å². The number of benzene rings is 1. The second kappa shape index (κ2) is 7.63. The number of amides is 1. The van der Waals surface area contributed by atoms with Crippen molar-refractivity contribution in [1.82, 2.24) is 10.3 Å². The standard InChI is InChI=1S/C18H19F3N2O3/c1-10-15(12(3)24)11(2)23-16(10)17(25)22-8-13-4-6-14(7-5-13)26-9-18(19,20)21/h4-7,23H,8-9H2,1-3H3,(H,22,25). The molecule has 0 bridgehead atoms. The van der Waals surface area contributed by atoms with Crippen LogP contribution in [0.15, 0.2) is 24.3 Å². The molecule has 0 fully saturated rings. The Hall–Kier alpha value is -2.77. The zero-order chi connectivity index (χ0) is 19.5. The van der Waals surface area contributed by atoms with Crippen LogP contribution < -0.4 is 10.1 Å². The maximum absolute atomic E-state index is 12.3. The fourth-order valence-corrected chi connectivity index (χ4v) is 2.64. The molecule has 0 spiro atoms. The summed E-state index contributed by atoms with van der Waals surface area (Å²) < 4.78 is 40.9. The molecule has 0 saturated heterocycles. The molecule has 0 aliphatic rings. The fraction of sp³-hybridized carbons (Fsp3) is 0.333. The van der Waals surface area contributed by atoms with Gasteiger partial charge >= 0.3 is 6.18 Å². The van der Waals surface area contributed by atoms with E-state index in [4.69, 9.17) is 0 Å². The first-order chi connectivity index (χ1) is 12.1. The van der Waals surface area contributed by atoms with E-state index in [9.17, 15) is 22.8 Å². The number of halogens is 3. The summed E-state index contributed by atoms with van der Waals surface area (Å²) in [6, 6.07) is 5.95. The summed E-state index contributed by atoms with van der Waals surface area (Å²) in [7, 11) is 0. The van der Waals surface area contributed by atoms with Gasteiger partial charge in [0.25, 0.3) is 5.91 Å². The molecule has 8 heteroatoms. The van der Waals surface area contributed by atoms with E-state index in [0.717, 1.165) is 0 Å². The Bertz CT molecular complexity index is 808. The largest absolute Gasteiger partial charge is 0.484 e. The van der Waals surface area contributed by atoms with Crippen LogP contribution in [0.3, 0.4) is 0 Å². The molecule has 2 N–H and O–H groups in total. The minimum atomic E-state index is -4.39. The van der Waals surface area contributed by atoms with E-state index in [1.165, 1.54) is 19.1 Å². The van der Waals surface area contributed by atoms with Crippen molar-refractivity contribution in [3.05, 3.63) is 52.3 Å². The van der Waals surface area contributed by atoms with E-state index in [1.54, 1.807) is 26.0 Å². The zero-order valence-electron chi connectivity index (χ0n) is 14.6. The van der Waals surface area contributed by atoms with Gasteiger partial charge in [0.2, 0.25) is 0 Å². The Kier molecular flexibility index (Phi) is 5.74. The topological polar surface area (TPSA) is 71.2 Å². The lowest BCUT2D eigenvalue weighted by molar-refractivity contribution is -0.153. The van der Waals surface area contributed by atoms with Gasteiger partial charge in [0.05, 0.1) is 0 Å². The summed E-state index contributed by atoms with van der Waals surface area (Å²) >= 11 is 0. The average molecular weight is 368 g/mol. The summed E-state index contributed by atoms with van der Waals surface area (Å²) in [5.41, 5.74) is 2.74. The van der Waals surface area contributed by atoms with Crippen LogP contribution in [-0.4, -0.2) is 29.5 Å². The van der Waals surface area contributed by atoms with E-state index in [-0.39, 0.29) is 24.0 Å². The summed E-state index contributed by atoms with van der Waals surface area (Å²) in [5, 5.41) is 2.71. The number of rotatable bonds is 6. The van der Waals surface area contributed by atoms with E-state index < -0.39 is 12.8 Å². The van der Waals surface area contributed by atoms with Crippen LogP contribution >= 0.6 is 0 Å². The predicted molar refractivity (Wildman–Crippen MR) is 89.4 cm³/mol. The zero-order valence-corrected chi connectivity index (χ0v) is 14.6.